The number of nitrogens with zero attached hydrogens (tertiary/aromatic N) is 2. The number of hydrogen-bond acceptors (Lipinski definition) is 3. The van der Waals surface area contributed by atoms with E-state index in [-0.39, 0.29) is 42.0 Å². The van der Waals surface area contributed by atoms with Crippen molar-refractivity contribution < 1.29 is 19.1 Å². The highest BCUT2D eigenvalue weighted by Gasteiger charge is 2.26. The second-order valence-corrected chi connectivity index (χ2v) is 5.84. The molecule has 5 nitrogen and oxygen atoms in total. The lowest BCUT2D eigenvalue weighted by molar-refractivity contribution is -0.142. The Balaban J connectivity index is 0.00000529. The summed E-state index contributed by atoms with van der Waals surface area (Å²) in [5.41, 5.74) is 0.248. The molecule has 0 aliphatic rings. The number of carbonyl (C=O) groups excluding carboxylic acids is 1. The summed E-state index contributed by atoms with van der Waals surface area (Å²) in [6.45, 7) is 3.87. The summed E-state index contributed by atoms with van der Waals surface area (Å²) in [7, 11) is 1.55. The second kappa shape index (κ2) is 10.5. The summed E-state index contributed by atoms with van der Waals surface area (Å²) in [6, 6.07) is 3.75. The monoisotopic (exact) mass is 380 g/mol. The third-order valence-corrected chi connectivity index (χ3v) is 3.94. The van der Waals surface area contributed by atoms with Gasteiger partial charge in [0.05, 0.1) is 12.6 Å². The lowest BCUT2D eigenvalue weighted by Gasteiger charge is -2.30. The zero-order valence-corrected chi connectivity index (χ0v) is 15.5. The Hall–Kier alpha value is -1.37. The van der Waals surface area contributed by atoms with Gasteiger partial charge < -0.3 is 10.0 Å². The molecule has 136 valence electrons. The van der Waals surface area contributed by atoms with E-state index in [9.17, 15) is 14.0 Å². The van der Waals surface area contributed by atoms with Crippen molar-refractivity contribution in [2.75, 3.05) is 20.1 Å². The van der Waals surface area contributed by atoms with Crippen LogP contribution < -0.4 is 0 Å². The molecular formula is C16H23Cl2FN2O3. The van der Waals surface area contributed by atoms with Crippen LogP contribution >= 0.6 is 24.0 Å². The Morgan fingerprint density at radius 1 is 1.38 bits per heavy atom. The van der Waals surface area contributed by atoms with Gasteiger partial charge >= 0.3 is 5.97 Å². The van der Waals surface area contributed by atoms with Crippen LogP contribution in [0.3, 0.4) is 0 Å². The molecule has 0 fully saturated rings. The van der Waals surface area contributed by atoms with Gasteiger partial charge in [-0.25, -0.2) is 4.39 Å². The lowest BCUT2D eigenvalue weighted by Crippen LogP contribution is -2.47. The number of halogens is 3. The van der Waals surface area contributed by atoms with E-state index < -0.39 is 17.8 Å². The van der Waals surface area contributed by atoms with Gasteiger partial charge in [-0.1, -0.05) is 24.6 Å². The van der Waals surface area contributed by atoms with Crippen LogP contribution in [0, 0.1) is 5.82 Å². The van der Waals surface area contributed by atoms with E-state index in [0.29, 0.717) is 6.54 Å². The highest BCUT2D eigenvalue weighted by molar-refractivity contribution is 6.31. The molecule has 0 aromatic heterocycles. The lowest BCUT2D eigenvalue weighted by atomic mass is 10.1. The first-order chi connectivity index (χ1) is 10.8. The van der Waals surface area contributed by atoms with Crippen LogP contribution in [0.5, 0.6) is 0 Å². The molecule has 1 amide bonds. The molecule has 0 radical (unpaired) electrons. The molecule has 0 saturated carbocycles. The Morgan fingerprint density at radius 3 is 2.50 bits per heavy atom. The summed E-state index contributed by atoms with van der Waals surface area (Å²) in [5.74, 6) is -1.74. The van der Waals surface area contributed by atoms with E-state index in [1.807, 2.05) is 6.92 Å². The molecule has 0 heterocycles. The number of benzene rings is 1. The van der Waals surface area contributed by atoms with Gasteiger partial charge in [0.2, 0.25) is 5.91 Å². The Labute approximate surface area is 152 Å². The van der Waals surface area contributed by atoms with E-state index >= 15 is 0 Å². The Kier molecular flexibility index (Phi) is 9.89. The molecule has 8 heteroatoms. The number of hydrogen-bond donors (Lipinski definition) is 1. The predicted octanol–water partition coefficient (Wildman–Crippen LogP) is 3.04. The number of likely N-dealkylation sites (N-methyl/N-ethyl adjacent to an activating group) is 1. The molecule has 1 aromatic carbocycles. The minimum atomic E-state index is -0.988. The molecule has 1 aromatic rings. The Bertz CT molecular complexity index is 552. The summed E-state index contributed by atoms with van der Waals surface area (Å²) in [4.78, 5) is 26.4. The first kappa shape index (κ1) is 22.6. The van der Waals surface area contributed by atoms with Gasteiger partial charge in [-0.15, -0.1) is 12.4 Å². The van der Waals surface area contributed by atoms with Crippen LogP contribution in [0.15, 0.2) is 18.2 Å². The summed E-state index contributed by atoms with van der Waals surface area (Å²) in [5, 5.41) is 9.21. The van der Waals surface area contributed by atoms with Crippen molar-refractivity contribution in [3.8, 4) is 0 Å². The van der Waals surface area contributed by atoms with Crippen molar-refractivity contribution in [1.82, 2.24) is 9.80 Å². The third kappa shape index (κ3) is 6.26. The first-order valence-electron chi connectivity index (χ1n) is 7.41. The average molecular weight is 381 g/mol. The fraction of sp³-hybridized carbons (Fsp3) is 0.500. The summed E-state index contributed by atoms with van der Waals surface area (Å²) < 4.78 is 13.8. The molecule has 0 bridgehead atoms. The van der Waals surface area contributed by atoms with E-state index in [2.05, 4.69) is 0 Å². The topological polar surface area (TPSA) is 60.9 Å². The minimum Gasteiger partial charge on any atom is -0.480 e. The molecule has 24 heavy (non-hydrogen) atoms. The van der Waals surface area contributed by atoms with Gasteiger partial charge in [0, 0.05) is 24.2 Å². The molecular weight excluding hydrogens is 358 g/mol. The average Bonchev–Trinajstić information content (AvgIpc) is 2.48. The molecule has 1 unspecified atom stereocenters. The second-order valence-electron chi connectivity index (χ2n) is 5.43. The number of carbonyl (C=O) groups is 2. The van der Waals surface area contributed by atoms with Gasteiger partial charge in [-0.05, 0) is 32.0 Å². The van der Waals surface area contributed by atoms with Crippen molar-refractivity contribution >= 4 is 35.9 Å². The van der Waals surface area contributed by atoms with Crippen molar-refractivity contribution in [2.45, 2.75) is 32.9 Å². The molecule has 1 rings (SSSR count). The third-order valence-electron chi connectivity index (χ3n) is 3.59. The van der Waals surface area contributed by atoms with Gasteiger partial charge in [0.25, 0.3) is 0 Å². The number of aliphatic carboxylic acids is 1. The highest BCUT2D eigenvalue weighted by Crippen LogP contribution is 2.21. The van der Waals surface area contributed by atoms with Gasteiger partial charge in [-0.2, -0.15) is 0 Å². The smallest absolute Gasteiger partial charge is 0.317 e. The zero-order chi connectivity index (χ0) is 17.6. The van der Waals surface area contributed by atoms with Crippen LogP contribution in [0.4, 0.5) is 4.39 Å². The van der Waals surface area contributed by atoms with Crippen LogP contribution in [0.25, 0.3) is 0 Å². The van der Waals surface area contributed by atoms with Crippen molar-refractivity contribution in [3.63, 3.8) is 0 Å². The Morgan fingerprint density at radius 2 is 2.00 bits per heavy atom. The maximum atomic E-state index is 13.8. The van der Waals surface area contributed by atoms with Crippen LogP contribution in [0.2, 0.25) is 5.02 Å². The van der Waals surface area contributed by atoms with Crippen molar-refractivity contribution in [1.29, 1.82) is 0 Å². The molecule has 1 N–H and O–H groups in total. The van der Waals surface area contributed by atoms with Gasteiger partial charge in [-0.3, -0.25) is 14.5 Å². The summed E-state index contributed by atoms with van der Waals surface area (Å²) >= 11 is 5.97. The quantitative estimate of drug-likeness (QED) is 0.752. The minimum absolute atomic E-state index is 0. The number of carboxylic acids is 1. The van der Waals surface area contributed by atoms with Crippen LogP contribution in [-0.2, 0) is 16.1 Å². The van der Waals surface area contributed by atoms with Crippen LogP contribution in [0.1, 0.15) is 25.8 Å². The molecule has 0 aliphatic carbocycles. The number of rotatable bonds is 8. The van der Waals surface area contributed by atoms with E-state index in [1.54, 1.807) is 24.9 Å². The predicted molar refractivity (Wildman–Crippen MR) is 94.1 cm³/mol. The maximum absolute atomic E-state index is 13.8. The van der Waals surface area contributed by atoms with Gasteiger partial charge in [0.1, 0.15) is 5.82 Å². The van der Waals surface area contributed by atoms with Crippen LogP contribution in [-0.4, -0.2) is 53.0 Å². The first-order valence-corrected chi connectivity index (χ1v) is 7.79. The molecule has 0 saturated heterocycles. The summed E-state index contributed by atoms with van der Waals surface area (Å²) in [6.07, 6.45) is 0.730. The SMILES string of the molecule is CCCN(CC(=O)O)C(C)C(=O)N(C)Cc1c(F)cccc1Cl.Cl. The van der Waals surface area contributed by atoms with Crippen molar-refractivity contribution in [3.05, 3.63) is 34.6 Å². The largest absolute Gasteiger partial charge is 0.480 e. The number of amides is 1. The zero-order valence-electron chi connectivity index (χ0n) is 14.0. The maximum Gasteiger partial charge on any atom is 0.317 e. The fourth-order valence-corrected chi connectivity index (χ4v) is 2.57. The standard InChI is InChI=1S/C16H22ClFN2O3.ClH/c1-4-8-20(10-15(21)22)11(2)16(23)19(3)9-12-13(17)6-5-7-14(12)18;/h5-7,11H,4,8-10H2,1-3H3,(H,21,22);1H. The molecule has 1 atom stereocenters. The highest BCUT2D eigenvalue weighted by atomic mass is 35.5. The number of carboxylic acid groups (broad SMARTS) is 1. The van der Waals surface area contributed by atoms with Crippen molar-refractivity contribution in [2.24, 2.45) is 0 Å². The van der Waals surface area contributed by atoms with E-state index in [0.717, 1.165) is 6.42 Å². The van der Waals surface area contributed by atoms with E-state index in [4.69, 9.17) is 16.7 Å². The fourth-order valence-electron chi connectivity index (χ4n) is 2.34. The van der Waals surface area contributed by atoms with E-state index in [1.165, 1.54) is 17.0 Å². The van der Waals surface area contributed by atoms with Gasteiger partial charge in [0.15, 0.2) is 0 Å². The normalized spacial score (nSPS) is 11.8. The molecule has 0 aliphatic heterocycles. The molecule has 0 spiro atoms.